The summed E-state index contributed by atoms with van der Waals surface area (Å²) in [5, 5.41) is 0. The van der Waals surface area contributed by atoms with Crippen molar-refractivity contribution in [3.8, 4) is 0 Å². The van der Waals surface area contributed by atoms with Gasteiger partial charge in [0.05, 0.1) is 6.33 Å². The van der Waals surface area contributed by atoms with Gasteiger partial charge in [-0.15, -0.1) is 0 Å². The molecule has 0 aliphatic carbocycles. The maximum Gasteiger partial charge on any atom is 0.323 e. The first-order valence-electron chi connectivity index (χ1n) is 5.79. The largest absolute Gasteiger partial charge is 0.460 e. The first-order chi connectivity index (χ1) is 9.16. The summed E-state index contributed by atoms with van der Waals surface area (Å²) in [5.41, 5.74) is 6.76. The summed E-state index contributed by atoms with van der Waals surface area (Å²) in [6.07, 6.45) is 3.40. The minimum absolute atomic E-state index is 0.123. The third kappa shape index (κ3) is 3.62. The van der Waals surface area contributed by atoms with Gasteiger partial charge in [-0.2, -0.15) is 0 Å². The first kappa shape index (κ1) is 13.2. The van der Waals surface area contributed by atoms with Gasteiger partial charge in [0, 0.05) is 23.9 Å². The number of ether oxygens (including phenoxy) is 1. The molecule has 0 aliphatic rings. The second-order valence-corrected chi connectivity index (χ2v) is 4.09. The number of hydrogen-bond donors (Lipinski definition) is 2. The van der Waals surface area contributed by atoms with E-state index in [2.05, 4.69) is 9.97 Å². The van der Waals surface area contributed by atoms with E-state index in [1.807, 2.05) is 0 Å². The van der Waals surface area contributed by atoms with Crippen molar-refractivity contribution in [2.24, 2.45) is 5.73 Å². The van der Waals surface area contributed by atoms with E-state index < -0.39 is 17.8 Å². The number of esters is 1. The van der Waals surface area contributed by atoms with Crippen molar-refractivity contribution in [1.82, 2.24) is 9.97 Å². The molecule has 0 unspecified atom stereocenters. The summed E-state index contributed by atoms with van der Waals surface area (Å²) in [6.45, 7) is -0.123. The monoisotopic (exact) mass is 263 g/mol. The molecule has 0 bridgehead atoms. The topological polar surface area (TPSA) is 81.0 Å². The summed E-state index contributed by atoms with van der Waals surface area (Å²) in [6, 6.07) is 5.32. The number of nitrogens with two attached hydrogens (primary N) is 1. The Morgan fingerprint density at radius 2 is 2.26 bits per heavy atom. The number of aromatic amines is 1. The highest BCUT2D eigenvalue weighted by Gasteiger charge is 2.17. The van der Waals surface area contributed by atoms with Gasteiger partial charge in [0.25, 0.3) is 0 Å². The number of nitrogens with one attached hydrogen (secondary N) is 1. The zero-order chi connectivity index (χ0) is 13.7. The Morgan fingerprint density at radius 3 is 2.95 bits per heavy atom. The van der Waals surface area contributed by atoms with E-state index in [9.17, 15) is 9.18 Å². The van der Waals surface area contributed by atoms with Crippen LogP contribution in [0.15, 0.2) is 36.8 Å². The van der Waals surface area contributed by atoms with Crippen molar-refractivity contribution in [3.63, 3.8) is 0 Å². The lowest BCUT2D eigenvalue weighted by atomic mass is 10.2. The maximum absolute atomic E-state index is 13.3. The Bertz CT molecular complexity index is 543. The predicted molar refractivity (Wildman–Crippen MR) is 66.5 cm³/mol. The fraction of sp³-hybridized carbons (Fsp3) is 0.231. The number of benzene rings is 1. The van der Waals surface area contributed by atoms with Crippen LogP contribution in [0.4, 0.5) is 4.39 Å². The molecule has 5 nitrogen and oxygen atoms in total. The van der Waals surface area contributed by atoms with Crippen LogP contribution in [0.5, 0.6) is 0 Å². The van der Waals surface area contributed by atoms with Crippen LogP contribution in [0, 0.1) is 5.82 Å². The third-order valence-electron chi connectivity index (χ3n) is 2.63. The molecular weight excluding hydrogens is 249 g/mol. The molecule has 3 N–H and O–H groups in total. The highest BCUT2D eigenvalue weighted by atomic mass is 19.1. The van der Waals surface area contributed by atoms with Crippen molar-refractivity contribution < 1.29 is 13.9 Å². The zero-order valence-corrected chi connectivity index (χ0v) is 10.2. The van der Waals surface area contributed by atoms with Gasteiger partial charge < -0.3 is 15.5 Å². The maximum atomic E-state index is 13.3. The number of halogens is 1. The Balaban J connectivity index is 1.86. The molecule has 0 aliphatic heterocycles. The molecule has 1 heterocycles. The second-order valence-electron chi connectivity index (χ2n) is 4.09. The second kappa shape index (κ2) is 6.10. The molecule has 2 aromatic rings. The van der Waals surface area contributed by atoms with Gasteiger partial charge in [0.1, 0.15) is 18.5 Å². The molecule has 2 rings (SSSR count). The van der Waals surface area contributed by atoms with Crippen molar-refractivity contribution in [3.05, 3.63) is 53.9 Å². The van der Waals surface area contributed by atoms with Gasteiger partial charge in [-0.3, -0.25) is 4.79 Å². The van der Waals surface area contributed by atoms with E-state index >= 15 is 0 Å². The molecule has 0 radical (unpaired) electrons. The molecule has 0 saturated heterocycles. The summed E-state index contributed by atoms with van der Waals surface area (Å²) in [4.78, 5) is 18.3. The molecule has 100 valence electrons. The van der Waals surface area contributed by atoms with Crippen LogP contribution in [0.2, 0.25) is 0 Å². The highest BCUT2D eigenvalue weighted by molar-refractivity contribution is 5.75. The lowest BCUT2D eigenvalue weighted by Gasteiger charge is -2.11. The van der Waals surface area contributed by atoms with E-state index in [1.54, 1.807) is 24.4 Å². The molecule has 0 fully saturated rings. The van der Waals surface area contributed by atoms with Crippen molar-refractivity contribution in [1.29, 1.82) is 0 Å². The quantitative estimate of drug-likeness (QED) is 0.793. The number of imidazole rings is 1. The standard InChI is InChI=1S/C13H14FN3O2/c14-11-4-2-1-3-9(11)7-19-13(18)12(15)5-10-6-16-8-17-10/h1-4,6,8,12H,5,7,15H2,(H,16,17)/t12-/m1/s1. The van der Waals surface area contributed by atoms with Crippen LogP contribution < -0.4 is 5.73 Å². The van der Waals surface area contributed by atoms with E-state index in [0.717, 1.165) is 5.69 Å². The number of carbonyl (C=O) groups is 1. The molecular formula is C13H14FN3O2. The molecule has 0 saturated carbocycles. The van der Waals surface area contributed by atoms with E-state index in [0.29, 0.717) is 12.0 Å². The predicted octanol–water partition coefficient (Wildman–Crippen LogP) is 1.16. The van der Waals surface area contributed by atoms with Crippen LogP contribution in [0.25, 0.3) is 0 Å². The van der Waals surface area contributed by atoms with Gasteiger partial charge in [0.15, 0.2) is 0 Å². The van der Waals surface area contributed by atoms with Gasteiger partial charge >= 0.3 is 5.97 Å². The van der Waals surface area contributed by atoms with Gasteiger partial charge in [-0.05, 0) is 6.07 Å². The first-order valence-corrected chi connectivity index (χ1v) is 5.79. The SMILES string of the molecule is N[C@H](Cc1cnc[nH]1)C(=O)OCc1ccccc1F. The number of carbonyl (C=O) groups excluding carboxylic acids is 1. The summed E-state index contributed by atoms with van der Waals surface area (Å²) in [7, 11) is 0. The molecule has 1 aromatic carbocycles. The Labute approximate surface area is 109 Å². The fourth-order valence-electron chi connectivity index (χ4n) is 1.59. The minimum atomic E-state index is -0.799. The number of hydrogen-bond acceptors (Lipinski definition) is 4. The highest BCUT2D eigenvalue weighted by Crippen LogP contribution is 2.08. The summed E-state index contributed by atoms with van der Waals surface area (Å²) in [5.74, 6) is -0.977. The molecule has 1 aromatic heterocycles. The van der Waals surface area contributed by atoms with E-state index in [4.69, 9.17) is 10.5 Å². The van der Waals surface area contributed by atoms with Crippen LogP contribution in [0.3, 0.4) is 0 Å². The number of nitrogens with zero attached hydrogens (tertiary/aromatic N) is 1. The van der Waals surface area contributed by atoms with E-state index in [-0.39, 0.29) is 6.61 Å². The zero-order valence-electron chi connectivity index (χ0n) is 10.2. The van der Waals surface area contributed by atoms with Gasteiger partial charge in [-0.25, -0.2) is 9.37 Å². The van der Waals surface area contributed by atoms with Crippen LogP contribution in [0.1, 0.15) is 11.3 Å². The molecule has 0 spiro atoms. The van der Waals surface area contributed by atoms with Crippen LogP contribution in [-0.4, -0.2) is 22.0 Å². The lowest BCUT2D eigenvalue weighted by Crippen LogP contribution is -2.34. The Kier molecular flexibility index (Phi) is 4.25. The van der Waals surface area contributed by atoms with Crippen LogP contribution >= 0.6 is 0 Å². The Hall–Kier alpha value is -2.21. The lowest BCUT2D eigenvalue weighted by molar-refractivity contribution is -0.146. The van der Waals surface area contributed by atoms with Gasteiger partial charge in [-0.1, -0.05) is 18.2 Å². The normalized spacial score (nSPS) is 12.1. The Morgan fingerprint density at radius 1 is 1.47 bits per heavy atom. The molecule has 1 atom stereocenters. The minimum Gasteiger partial charge on any atom is -0.460 e. The van der Waals surface area contributed by atoms with Crippen molar-refractivity contribution in [2.45, 2.75) is 19.1 Å². The molecule has 19 heavy (non-hydrogen) atoms. The fourth-order valence-corrected chi connectivity index (χ4v) is 1.59. The number of rotatable bonds is 5. The molecule has 6 heteroatoms. The molecule has 0 amide bonds. The van der Waals surface area contributed by atoms with Crippen molar-refractivity contribution >= 4 is 5.97 Å². The number of aromatic nitrogens is 2. The average molecular weight is 263 g/mol. The van der Waals surface area contributed by atoms with Crippen molar-refractivity contribution in [2.75, 3.05) is 0 Å². The summed E-state index contributed by atoms with van der Waals surface area (Å²) >= 11 is 0. The van der Waals surface area contributed by atoms with E-state index in [1.165, 1.54) is 12.4 Å². The van der Waals surface area contributed by atoms with Gasteiger partial charge in [0.2, 0.25) is 0 Å². The smallest absolute Gasteiger partial charge is 0.323 e. The third-order valence-corrected chi connectivity index (χ3v) is 2.63. The average Bonchev–Trinajstić information content (AvgIpc) is 2.90. The summed E-state index contributed by atoms with van der Waals surface area (Å²) < 4.78 is 18.3. The number of H-pyrrole nitrogens is 1. The van der Waals surface area contributed by atoms with Crippen LogP contribution in [-0.2, 0) is 22.6 Å².